The zero-order chi connectivity index (χ0) is 14.5. The van der Waals surface area contributed by atoms with Gasteiger partial charge in [0.15, 0.2) is 0 Å². The van der Waals surface area contributed by atoms with Gasteiger partial charge in [0.25, 0.3) is 0 Å². The summed E-state index contributed by atoms with van der Waals surface area (Å²) in [6.07, 6.45) is 2.57. The molecule has 1 saturated heterocycles. The third-order valence-corrected chi connectivity index (χ3v) is 5.35. The highest BCUT2D eigenvalue weighted by Gasteiger charge is 2.51. The fourth-order valence-corrected chi connectivity index (χ4v) is 2.92. The first kappa shape index (κ1) is 14.7. The average Bonchev–Trinajstić information content (AvgIpc) is 3.10. The molecule has 108 valence electrons. The predicted octanol–water partition coefficient (Wildman–Crippen LogP) is 3.16. The summed E-state index contributed by atoms with van der Waals surface area (Å²) in [5, 5.41) is 3.55. The largest absolute Gasteiger partial charge is 0.494 e. The van der Waals surface area contributed by atoms with Gasteiger partial charge in [0, 0.05) is 15.3 Å². The minimum Gasteiger partial charge on any atom is -0.399 e. The fourth-order valence-electron chi connectivity index (χ4n) is 2.22. The van der Waals surface area contributed by atoms with Gasteiger partial charge in [-0.25, -0.2) is 0 Å². The van der Waals surface area contributed by atoms with Gasteiger partial charge in [-0.15, -0.1) is 0 Å². The van der Waals surface area contributed by atoms with Crippen molar-refractivity contribution in [3.05, 3.63) is 21.8 Å². The van der Waals surface area contributed by atoms with Crippen LogP contribution in [0.5, 0.6) is 0 Å². The Hall–Kier alpha value is -0.265. The summed E-state index contributed by atoms with van der Waals surface area (Å²) >= 11 is 2.38. The third kappa shape index (κ3) is 2.72. The summed E-state index contributed by atoms with van der Waals surface area (Å²) in [5.74, 6) is 0. The number of benzene rings is 1. The molecule has 1 aliphatic carbocycles. The average molecular weight is 385 g/mol. The van der Waals surface area contributed by atoms with Gasteiger partial charge in [-0.2, -0.15) is 0 Å². The van der Waals surface area contributed by atoms with Crippen molar-refractivity contribution < 1.29 is 9.31 Å². The molecule has 1 aromatic carbocycles. The molecule has 0 unspecified atom stereocenters. The van der Waals surface area contributed by atoms with Crippen LogP contribution in [0.15, 0.2) is 18.2 Å². The van der Waals surface area contributed by atoms with Gasteiger partial charge in [-0.05, 0) is 80.7 Å². The molecule has 5 heteroatoms. The highest BCUT2D eigenvalue weighted by Crippen LogP contribution is 2.36. The van der Waals surface area contributed by atoms with Gasteiger partial charge in [-0.3, -0.25) is 0 Å². The smallest absolute Gasteiger partial charge is 0.399 e. The number of hydrogen-bond donors (Lipinski definition) is 1. The van der Waals surface area contributed by atoms with Gasteiger partial charge < -0.3 is 14.6 Å². The Kier molecular flexibility index (Phi) is 3.58. The lowest BCUT2D eigenvalue weighted by Crippen LogP contribution is -2.41. The van der Waals surface area contributed by atoms with Crippen molar-refractivity contribution in [2.24, 2.45) is 0 Å². The summed E-state index contributed by atoms with van der Waals surface area (Å²) in [4.78, 5) is 0. The Morgan fingerprint density at radius 3 is 2.25 bits per heavy atom. The van der Waals surface area contributed by atoms with Crippen LogP contribution in [0.2, 0.25) is 0 Å². The Labute approximate surface area is 135 Å². The summed E-state index contributed by atoms with van der Waals surface area (Å²) in [6.45, 7) is 8.34. The lowest BCUT2D eigenvalue weighted by Gasteiger charge is -2.32. The maximum absolute atomic E-state index is 6.09. The maximum atomic E-state index is 6.09. The van der Waals surface area contributed by atoms with Crippen molar-refractivity contribution in [1.29, 1.82) is 0 Å². The molecule has 3 nitrogen and oxygen atoms in total. The molecular formula is C15H21BINO2. The molecule has 1 aliphatic heterocycles. The van der Waals surface area contributed by atoms with Gasteiger partial charge in [-0.1, -0.05) is 6.07 Å². The normalized spacial score (nSPS) is 23.9. The Bertz CT molecular complexity index is 513. The fraction of sp³-hybridized carbons (Fsp3) is 0.600. The first-order chi connectivity index (χ1) is 9.28. The van der Waals surface area contributed by atoms with Crippen molar-refractivity contribution in [3.63, 3.8) is 0 Å². The van der Waals surface area contributed by atoms with E-state index in [1.807, 2.05) is 0 Å². The van der Waals surface area contributed by atoms with Crippen molar-refractivity contribution in [1.82, 2.24) is 0 Å². The predicted molar refractivity (Wildman–Crippen MR) is 91.5 cm³/mol. The van der Waals surface area contributed by atoms with E-state index >= 15 is 0 Å². The number of rotatable bonds is 3. The van der Waals surface area contributed by atoms with E-state index < -0.39 is 0 Å². The van der Waals surface area contributed by atoms with E-state index in [1.165, 1.54) is 22.1 Å². The van der Waals surface area contributed by atoms with Crippen LogP contribution in [0.4, 0.5) is 5.69 Å². The van der Waals surface area contributed by atoms with Crippen LogP contribution in [0.25, 0.3) is 0 Å². The zero-order valence-corrected chi connectivity index (χ0v) is 14.7. The molecule has 2 aliphatic rings. The van der Waals surface area contributed by atoms with Crippen LogP contribution >= 0.6 is 22.6 Å². The molecule has 3 rings (SSSR count). The molecule has 1 N–H and O–H groups in total. The second kappa shape index (κ2) is 4.88. The monoisotopic (exact) mass is 385 g/mol. The summed E-state index contributed by atoms with van der Waals surface area (Å²) < 4.78 is 13.4. The topological polar surface area (TPSA) is 30.5 Å². The van der Waals surface area contributed by atoms with Crippen LogP contribution in [0.3, 0.4) is 0 Å². The van der Waals surface area contributed by atoms with E-state index in [-0.39, 0.29) is 18.3 Å². The van der Waals surface area contributed by atoms with Crippen LogP contribution < -0.4 is 10.8 Å². The van der Waals surface area contributed by atoms with Crippen LogP contribution in [0, 0.1) is 3.57 Å². The molecule has 0 bridgehead atoms. The second-order valence-corrected chi connectivity index (χ2v) is 7.91. The number of nitrogens with one attached hydrogen (secondary N) is 1. The quantitative estimate of drug-likeness (QED) is 0.641. The van der Waals surface area contributed by atoms with E-state index in [2.05, 4.69) is 73.8 Å². The van der Waals surface area contributed by atoms with Gasteiger partial charge >= 0.3 is 7.12 Å². The Morgan fingerprint density at radius 2 is 1.75 bits per heavy atom. The van der Waals surface area contributed by atoms with E-state index in [0.717, 1.165) is 5.46 Å². The SMILES string of the molecule is CC1(C)OB(c2ccc(NC3CC3)c(I)c2)OC1(C)C. The Balaban J connectivity index is 1.79. The lowest BCUT2D eigenvalue weighted by molar-refractivity contribution is 0.00578. The molecular weight excluding hydrogens is 364 g/mol. The molecule has 0 spiro atoms. The van der Waals surface area contributed by atoms with E-state index in [1.54, 1.807) is 0 Å². The van der Waals surface area contributed by atoms with Gasteiger partial charge in [0.1, 0.15) is 0 Å². The van der Waals surface area contributed by atoms with Crippen molar-refractivity contribution in [2.75, 3.05) is 5.32 Å². The standard InChI is InChI=1S/C15H21BINO2/c1-14(2)15(3,4)20-16(19-14)10-5-8-13(12(17)9-10)18-11-6-7-11/h5,8-9,11,18H,6-7H2,1-4H3. The molecule has 0 amide bonds. The minimum absolute atomic E-state index is 0.275. The minimum atomic E-state index is -0.284. The molecule has 0 radical (unpaired) electrons. The third-order valence-electron chi connectivity index (χ3n) is 4.46. The second-order valence-electron chi connectivity index (χ2n) is 6.75. The van der Waals surface area contributed by atoms with Gasteiger partial charge in [0.05, 0.1) is 11.2 Å². The van der Waals surface area contributed by atoms with E-state index in [9.17, 15) is 0 Å². The van der Waals surface area contributed by atoms with Crippen molar-refractivity contribution >= 4 is 40.9 Å². The van der Waals surface area contributed by atoms with Gasteiger partial charge in [0.2, 0.25) is 0 Å². The number of hydrogen-bond acceptors (Lipinski definition) is 3. The highest BCUT2D eigenvalue weighted by molar-refractivity contribution is 14.1. The van der Waals surface area contributed by atoms with Crippen molar-refractivity contribution in [2.45, 2.75) is 57.8 Å². The number of halogens is 1. The molecule has 20 heavy (non-hydrogen) atoms. The van der Waals surface area contributed by atoms with Crippen LogP contribution in [0.1, 0.15) is 40.5 Å². The lowest BCUT2D eigenvalue weighted by atomic mass is 9.79. The van der Waals surface area contributed by atoms with Crippen LogP contribution in [-0.2, 0) is 9.31 Å². The molecule has 2 fully saturated rings. The molecule has 1 aromatic rings. The maximum Gasteiger partial charge on any atom is 0.494 e. The first-order valence-corrected chi connectivity index (χ1v) is 8.28. The van der Waals surface area contributed by atoms with E-state index in [0.29, 0.717) is 6.04 Å². The van der Waals surface area contributed by atoms with Crippen molar-refractivity contribution in [3.8, 4) is 0 Å². The Morgan fingerprint density at radius 1 is 1.15 bits per heavy atom. The molecule has 0 atom stereocenters. The molecule has 1 saturated carbocycles. The first-order valence-electron chi connectivity index (χ1n) is 7.20. The number of anilines is 1. The molecule has 0 aromatic heterocycles. The summed E-state index contributed by atoms with van der Waals surface area (Å²) in [6, 6.07) is 7.08. The summed E-state index contributed by atoms with van der Waals surface area (Å²) in [5.41, 5.74) is 1.74. The molecule has 1 heterocycles. The summed E-state index contributed by atoms with van der Waals surface area (Å²) in [7, 11) is -0.275. The zero-order valence-electron chi connectivity index (χ0n) is 12.5. The highest BCUT2D eigenvalue weighted by atomic mass is 127. The van der Waals surface area contributed by atoms with E-state index in [4.69, 9.17) is 9.31 Å². The van der Waals surface area contributed by atoms with Crippen LogP contribution in [-0.4, -0.2) is 24.4 Å².